The number of fused-ring (bicyclic) bond motifs is 5. The number of guanidine groups is 1. The monoisotopic (exact) mass is 439 g/mol. The van der Waals surface area contributed by atoms with Crippen molar-refractivity contribution in [2.24, 2.45) is 28.7 Å². The van der Waals surface area contributed by atoms with Gasteiger partial charge in [-0.1, -0.05) is 24.3 Å². The number of aliphatic imine (C=N–C) groups is 1. The van der Waals surface area contributed by atoms with Crippen molar-refractivity contribution in [3.05, 3.63) is 42.0 Å². The van der Waals surface area contributed by atoms with Crippen LogP contribution in [-0.2, 0) is 16.1 Å². The molecule has 172 valence electrons. The smallest absolute Gasteiger partial charge is 0.233 e. The zero-order valence-corrected chi connectivity index (χ0v) is 19.1. The Labute approximate surface area is 189 Å². The van der Waals surface area contributed by atoms with Crippen LogP contribution in [0.5, 0.6) is 5.75 Å². The molecule has 2 N–H and O–H groups in total. The molecule has 2 amide bonds. The average Bonchev–Trinajstić information content (AvgIpc) is 3.45. The largest absolute Gasteiger partial charge is 0.492 e. The molecule has 0 aromatic heterocycles. The third-order valence-electron chi connectivity index (χ3n) is 6.58. The summed E-state index contributed by atoms with van der Waals surface area (Å²) in [6.45, 7) is 2.92. The first kappa shape index (κ1) is 22.3. The first-order chi connectivity index (χ1) is 15.5. The molecule has 1 saturated heterocycles. The van der Waals surface area contributed by atoms with Crippen molar-refractivity contribution < 1.29 is 14.3 Å². The van der Waals surface area contributed by atoms with Gasteiger partial charge < -0.3 is 20.3 Å². The molecule has 8 nitrogen and oxygen atoms in total. The summed E-state index contributed by atoms with van der Waals surface area (Å²) in [6.07, 6.45) is 5.19. The van der Waals surface area contributed by atoms with Crippen molar-refractivity contribution in [1.82, 2.24) is 20.4 Å². The summed E-state index contributed by atoms with van der Waals surface area (Å²) < 4.78 is 5.79. The van der Waals surface area contributed by atoms with Crippen LogP contribution in [0.25, 0.3) is 0 Å². The van der Waals surface area contributed by atoms with Gasteiger partial charge in [0.25, 0.3) is 0 Å². The SMILES string of the molecule is CN=C(NCCN1C(=O)C2C3C=CC(C3)C2C1=O)NCc1cccc(OCCN(C)C)c1. The van der Waals surface area contributed by atoms with E-state index in [2.05, 4.69) is 32.7 Å². The maximum Gasteiger partial charge on any atom is 0.233 e. The number of imide groups is 1. The molecule has 4 unspecified atom stereocenters. The molecule has 3 aliphatic rings. The molecule has 1 aliphatic heterocycles. The van der Waals surface area contributed by atoms with Crippen LogP contribution in [0.3, 0.4) is 0 Å². The van der Waals surface area contributed by atoms with Gasteiger partial charge in [-0.2, -0.15) is 0 Å². The Morgan fingerprint density at radius 1 is 1.16 bits per heavy atom. The molecule has 2 bridgehead atoms. The van der Waals surface area contributed by atoms with Crippen molar-refractivity contribution in [2.75, 3.05) is 47.4 Å². The van der Waals surface area contributed by atoms with E-state index in [1.54, 1.807) is 7.05 Å². The van der Waals surface area contributed by atoms with Gasteiger partial charge in [-0.3, -0.25) is 19.5 Å². The first-order valence-electron chi connectivity index (χ1n) is 11.3. The second-order valence-corrected chi connectivity index (χ2v) is 8.98. The minimum absolute atomic E-state index is 0.00678. The highest BCUT2D eigenvalue weighted by atomic mass is 16.5. The van der Waals surface area contributed by atoms with Gasteiger partial charge in [0.15, 0.2) is 5.96 Å². The van der Waals surface area contributed by atoms with Crippen LogP contribution in [-0.4, -0.2) is 75.0 Å². The molecular weight excluding hydrogens is 406 g/mol. The third-order valence-corrected chi connectivity index (χ3v) is 6.58. The molecular formula is C24H33N5O3. The number of rotatable bonds is 9. The molecule has 4 rings (SSSR count). The second kappa shape index (κ2) is 9.73. The number of nitrogens with one attached hydrogen (secondary N) is 2. The van der Waals surface area contributed by atoms with E-state index in [4.69, 9.17) is 4.74 Å². The van der Waals surface area contributed by atoms with Gasteiger partial charge in [-0.15, -0.1) is 0 Å². The fourth-order valence-corrected chi connectivity index (χ4v) is 4.97. The van der Waals surface area contributed by atoms with Crippen molar-refractivity contribution in [2.45, 2.75) is 13.0 Å². The Morgan fingerprint density at radius 3 is 2.53 bits per heavy atom. The quantitative estimate of drug-likeness (QED) is 0.259. The van der Waals surface area contributed by atoms with E-state index in [-0.39, 0.29) is 35.5 Å². The molecule has 8 heteroatoms. The molecule has 1 heterocycles. The topological polar surface area (TPSA) is 86.3 Å². The lowest BCUT2D eigenvalue weighted by atomic mass is 9.85. The predicted octanol–water partition coefficient (Wildman–Crippen LogP) is 1.10. The Bertz CT molecular complexity index is 883. The van der Waals surface area contributed by atoms with Gasteiger partial charge >= 0.3 is 0 Å². The molecule has 1 aromatic carbocycles. The van der Waals surface area contributed by atoms with E-state index in [0.29, 0.717) is 32.2 Å². The molecule has 1 saturated carbocycles. The Kier molecular flexibility index (Phi) is 6.79. The zero-order chi connectivity index (χ0) is 22.7. The highest BCUT2D eigenvalue weighted by Gasteiger charge is 2.58. The van der Waals surface area contributed by atoms with Crippen molar-refractivity contribution in [3.63, 3.8) is 0 Å². The normalized spacial score (nSPS) is 26.2. The van der Waals surface area contributed by atoms with Gasteiger partial charge in [0.05, 0.1) is 11.8 Å². The number of likely N-dealkylation sites (N-methyl/N-ethyl adjacent to an activating group) is 1. The molecule has 0 spiro atoms. The fraction of sp³-hybridized carbons (Fsp3) is 0.542. The summed E-state index contributed by atoms with van der Waals surface area (Å²) in [5.41, 5.74) is 1.08. The maximum absolute atomic E-state index is 12.8. The number of likely N-dealkylation sites (tertiary alicyclic amines) is 1. The summed E-state index contributed by atoms with van der Waals surface area (Å²) in [5.74, 6) is 1.68. The number of amides is 2. The van der Waals surface area contributed by atoms with E-state index < -0.39 is 0 Å². The summed E-state index contributed by atoms with van der Waals surface area (Å²) in [7, 11) is 5.74. The predicted molar refractivity (Wildman–Crippen MR) is 123 cm³/mol. The van der Waals surface area contributed by atoms with Gasteiger partial charge in [0, 0.05) is 33.2 Å². The summed E-state index contributed by atoms with van der Waals surface area (Å²) in [5, 5.41) is 6.49. The highest BCUT2D eigenvalue weighted by molar-refractivity contribution is 6.06. The highest BCUT2D eigenvalue weighted by Crippen LogP contribution is 2.52. The Hall–Kier alpha value is -2.87. The van der Waals surface area contributed by atoms with E-state index in [9.17, 15) is 9.59 Å². The molecule has 2 fully saturated rings. The zero-order valence-electron chi connectivity index (χ0n) is 19.1. The van der Waals surface area contributed by atoms with Crippen LogP contribution in [0.1, 0.15) is 12.0 Å². The van der Waals surface area contributed by atoms with Crippen LogP contribution in [0.2, 0.25) is 0 Å². The minimum Gasteiger partial charge on any atom is -0.492 e. The lowest BCUT2D eigenvalue weighted by Crippen LogP contribution is -2.43. The summed E-state index contributed by atoms with van der Waals surface area (Å²) in [6, 6.07) is 7.97. The number of allylic oxidation sites excluding steroid dienone is 2. The summed E-state index contributed by atoms with van der Waals surface area (Å²) >= 11 is 0. The average molecular weight is 440 g/mol. The second-order valence-electron chi connectivity index (χ2n) is 8.98. The number of benzene rings is 1. The molecule has 4 atom stereocenters. The third kappa shape index (κ3) is 4.65. The van der Waals surface area contributed by atoms with Crippen molar-refractivity contribution in [1.29, 1.82) is 0 Å². The lowest BCUT2D eigenvalue weighted by molar-refractivity contribution is -0.140. The number of hydrogen-bond acceptors (Lipinski definition) is 5. The number of ether oxygens (including phenoxy) is 1. The van der Waals surface area contributed by atoms with Gasteiger partial charge in [0.2, 0.25) is 11.8 Å². The Morgan fingerprint density at radius 2 is 1.88 bits per heavy atom. The van der Waals surface area contributed by atoms with Crippen LogP contribution in [0, 0.1) is 23.7 Å². The number of carbonyl (C=O) groups excluding carboxylic acids is 2. The van der Waals surface area contributed by atoms with E-state index in [1.807, 2.05) is 38.4 Å². The number of carbonyl (C=O) groups is 2. The van der Waals surface area contributed by atoms with Crippen LogP contribution in [0.15, 0.2) is 41.4 Å². The number of hydrogen-bond donors (Lipinski definition) is 2. The van der Waals surface area contributed by atoms with E-state index in [0.717, 1.165) is 24.3 Å². The molecule has 0 radical (unpaired) electrons. The fourth-order valence-electron chi connectivity index (χ4n) is 4.97. The van der Waals surface area contributed by atoms with Crippen LogP contribution >= 0.6 is 0 Å². The van der Waals surface area contributed by atoms with E-state index in [1.165, 1.54) is 4.90 Å². The van der Waals surface area contributed by atoms with Gasteiger partial charge in [0.1, 0.15) is 12.4 Å². The lowest BCUT2D eigenvalue weighted by Gasteiger charge is -2.18. The van der Waals surface area contributed by atoms with E-state index >= 15 is 0 Å². The van der Waals surface area contributed by atoms with Crippen molar-refractivity contribution >= 4 is 17.8 Å². The molecule has 2 aliphatic carbocycles. The standard InChI is InChI=1S/C24H33N5O3/c1-25-24(27-15-16-5-4-6-19(13-16)32-12-11-28(2)3)26-9-10-29-22(30)20-17-7-8-18(14-17)21(20)23(29)31/h4-8,13,17-18,20-21H,9-12,14-15H2,1-3H3,(H2,25,26,27). The Balaban J connectivity index is 1.22. The van der Waals surface area contributed by atoms with Crippen LogP contribution in [0.4, 0.5) is 0 Å². The molecule has 1 aromatic rings. The van der Waals surface area contributed by atoms with Crippen molar-refractivity contribution in [3.8, 4) is 5.75 Å². The number of nitrogens with zero attached hydrogens (tertiary/aromatic N) is 3. The minimum atomic E-state index is -0.137. The first-order valence-corrected chi connectivity index (χ1v) is 11.3. The van der Waals surface area contributed by atoms with Gasteiger partial charge in [-0.05, 0) is 50.0 Å². The summed E-state index contributed by atoms with van der Waals surface area (Å²) in [4.78, 5) is 33.3. The van der Waals surface area contributed by atoms with Gasteiger partial charge in [-0.25, -0.2) is 0 Å². The molecule has 32 heavy (non-hydrogen) atoms. The van der Waals surface area contributed by atoms with Crippen LogP contribution < -0.4 is 15.4 Å². The maximum atomic E-state index is 12.8.